The molecule has 9 heteroatoms. The Morgan fingerprint density at radius 2 is 1.93 bits per heavy atom. The number of hydrogen-bond acceptors (Lipinski definition) is 6. The Morgan fingerprint density at radius 1 is 1.26 bits per heavy atom. The Kier molecular flexibility index (Phi) is 5.05. The van der Waals surface area contributed by atoms with Gasteiger partial charge in [-0.25, -0.2) is 8.42 Å². The number of amides is 2. The van der Waals surface area contributed by atoms with E-state index in [0.29, 0.717) is 23.7 Å². The van der Waals surface area contributed by atoms with Gasteiger partial charge in [0.2, 0.25) is 11.8 Å². The molecule has 0 radical (unpaired) electrons. The third-order valence-corrected chi connectivity index (χ3v) is 5.07. The first kappa shape index (κ1) is 19.1. The molecule has 3 rings (SSSR count). The van der Waals surface area contributed by atoms with E-state index >= 15 is 0 Å². The number of rotatable bonds is 4. The summed E-state index contributed by atoms with van der Waals surface area (Å²) in [6.45, 7) is 5.90. The molecule has 1 aliphatic heterocycles. The molecule has 0 unspecified atom stereocenters. The van der Waals surface area contributed by atoms with Gasteiger partial charge < -0.3 is 9.84 Å². The topological polar surface area (TPSA) is 110 Å². The average molecular weight is 391 g/mol. The van der Waals surface area contributed by atoms with Crippen LogP contribution in [0.2, 0.25) is 0 Å². The molecule has 2 aromatic rings. The Labute approximate surface area is 158 Å². The van der Waals surface area contributed by atoms with Crippen LogP contribution in [-0.2, 0) is 25.7 Å². The summed E-state index contributed by atoms with van der Waals surface area (Å²) in [6.07, 6.45) is 0.605. The van der Waals surface area contributed by atoms with Crippen LogP contribution in [0.15, 0.2) is 39.8 Å². The van der Waals surface area contributed by atoms with E-state index in [0.717, 1.165) is 0 Å². The highest BCUT2D eigenvalue weighted by Crippen LogP contribution is 2.29. The van der Waals surface area contributed by atoms with Crippen molar-refractivity contribution in [1.82, 2.24) is 5.16 Å². The van der Waals surface area contributed by atoms with Gasteiger partial charge in [-0.3, -0.25) is 14.5 Å². The second-order valence-corrected chi connectivity index (χ2v) is 8.44. The lowest BCUT2D eigenvalue weighted by Gasteiger charge is -2.23. The average Bonchev–Trinajstić information content (AvgIpc) is 3.21. The van der Waals surface area contributed by atoms with Crippen LogP contribution in [0.3, 0.4) is 0 Å². The standard InChI is InChI=1S/C18H21N3O5S/c1-18(2,3)14-10-15(20-26-14)19-17(23)13-8-9-16(22)21(13)11-4-6-12(7-5-11)27(24)25/h4-7,10,13,27H,8-9H2,1-3H3,(H,19,20,23)/t13-/m0/s1. The fourth-order valence-electron chi connectivity index (χ4n) is 2.89. The van der Waals surface area contributed by atoms with Gasteiger partial charge >= 0.3 is 0 Å². The highest BCUT2D eigenvalue weighted by molar-refractivity contribution is 7.72. The maximum Gasteiger partial charge on any atom is 0.248 e. The van der Waals surface area contributed by atoms with Crippen molar-refractivity contribution in [3.05, 3.63) is 36.1 Å². The van der Waals surface area contributed by atoms with E-state index in [1.54, 1.807) is 6.07 Å². The summed E-state index contributed by atoms with van der Waals surface area (Å²) in [4.78, 5) is 26.5. The molecule has 1 aliphatic rings. The van der Waals surface area contributed by atoms with Crippen LogP contribution in [0.25, 0.3) is 0 Å². The molecule has 1 saturated heterocycles. The maximum atomic E-state index is 12.7. The summed E-state index contributed by atoms with van der Waals surface area (Å²) in [6, 6.07) is 6.84. The van der Waals surface area contributed by atoms with Gasteiger partial charge in [0.15, 0.2) is 16.5 Å². The summed E-state index contributed by atoms with van der Waals surface area (Å²) in [7, 11) is -2.70. The third kappa shape index (κ3) is 4.02. The van der Waals surface area contributed by atoms with E-state index in [4.69, 9.17) is 4.52 Å². The zero-order valence-electron chi connectivity index (χ0n) is 15.3. The van der Waals surface area contributed by atoms with Gasteiger partial charge in [0.25, 0.3) is 0 Å². The van der Waals surface area contributed by atoms with Crippen molar-refractivity contribution < 1.29 is 22.5 Å². The van der Waals surface area contributed by atoms with Crippen molar-refractivity contribution in [3.8, 4) is 0 Å². The smallest absolute Gasteiger partial charge is 0.248 e. The Morgan fingerprint density at radius 3 is 2.48 bits per heavy atom. The van der Waals surface area contributed by atoms with Crippen LogP contribution >= 0.6 is 0 Å². The summed E-state index contributed by atoms with van der Waals surface area (Å²) < 4.78 is 27.3. The number of anilines is 2. The Balaban J connectivity index is 1.79. The number of nitrogens with zero attached hydrogens (tertiary/aromatic N) is 2. The van der Waals surface area contributed by atoms with Crippen molar-refractivity contribution in [2.24, 2.45) is 0 Å². The monoisotopic (exact) mass is 391 g/mol. The maximum absolute atomic E-state index is 12.7. The van der Waals surface area contributed by atoms with Gasteiger partial charge in [-0.2, -0.15) is 0 Å². The molecular weight excluding hydrogens is 370 g/mol. The number of benzene rings is 1. The van der Waals surface area contributed by atoms with Crippen LogP contribution in [0.1, 0.15) is 39.4 Å². The van der Waals surface area contributed by atoms with Gasteiger partial charge in [-0.1, -0.05) is 25.9 Å². The van der Waals surface area contributed by atoms with Crippen molar-refractivity contribution in [1.29, 1.82) is 0 Å². The normalized spacial score (nSPS) is 17.6. The quantitative estimate of drug-likeness (QED) is 0.772. The molecule has 0 aliphatic carbocycles. The van der Waals surface area contributed by atoms with Gasteiger partial charge in [0, 0.05) is 23.6 Å². The molecule has 2 amide bonds. The predicted octanol–water partition coefficient (Wildman–Crippen LogP) is 2.08. The lowest BCUT2D eigenvalue weighted by atomic mass is 9.93. The van der Waals surface area contributed by atoms with Gasteiger partial charge in [0.1, 0.15) is 11.8 Å². The molecule has 1 aromatic carbocycles. The van der Waals surface area contributed by atoms with Crippen molar-refractivity contribution in [2.75, 3.05) is 10.2 Å². The van der Waals surface area contributed by atoms with E-state index in [1.165, 1.54) is 29.2 Å². The number of hydrogen-bond donors (Lipinski definition) is 2. The van der Waals surface area contributed by atoms with Gasteiger partial charge in [-0.05, 0) is 30.7 Å². The Hall–Kier alpha value is -2.68. The van der Waals surface area contributed by atoms with Crippen LogP contribution < -0.4 is 10.2 Å². The fraction of sp³-hybridized carbons (Fsp3) is 0.389. The van der Waals surface area contributed by atoms with Gasteiger partial charge in [0.05, 0.1) is 4.90 Å². The first-order valence-corrected chi connectivity index (χ1v) is 9.69. The first-order chi connectivity index (χ1) is 12.7. The molecule has 1 aromatic heterocycles. The fourth-order valence-corrected chi connectivity index (χ4v) is 3.28. The molecule has 1 atom stereocenters. The summed E-state index contributed by atoms with van der Waals surface area (Å²) >= 11 is 0. The summed E-state index contributed by atoms with van der Waals surface area (Å²) in [5, 5.41) is 6.56. The highest BCUT2D eigenvalue weighted by atomic mass is 32.2. The predicted molar refractivity (Wildman–Crippen MR) is 99.4 cm³/mol. The molecule has 1 N–H and O–H groups in total. The molecule has 2 heterocycles. The zero-order chi connectivity index (χ0) is 19.8. The number of aromatic nitrogens is 1. The van der Waals surface area contributed by atoms with E-state index in [9.17, 15) is 18.0 Å². The lowest BCUT2D eigenvalue weighted by molar-refractivity contribution is -0.120. The van der Waals surface area contributed by atoms with E-state index in [1.807, 2.05) is 20.8 Å². The number of thiol groups is 1. The SMILES string of the molecule is CC(C)(C)c1cc(NC(=O)[C@@H]2CCC(=O)N2c2ccc([SH](=O)=O)cc2)no1. The van der Waals surface area contributed by atoms with Gasteiger partial charge in [-0.15, -0.1) is 0 Å². The first-order valence-electron chi connectivity index (χ1n) is 8.51. The molecule has 0 spiro atoms. The lowest BCUT2D eigenvalue weighted by Crippen LogP contribution is -2.41. The highest BCUT2D eigenvalue weighted by Gasteiger charge is 2.37. The number of carbonyl (C=O) groups excluding carboxylic acids is 2. The van der Waals surface area contributed by atoms with Crippen molar-refractivity contribution in [3.63, 3.8) is 0 Å². The zero-order valence-corrected chi connectivity index (χ0v) is 16.2. The summed E-state index contributed by atoms with van der Waals surface area (Å²) in [5.74, 6) is 0.376. The third-order valence-electron chi connectivity index (χ3n) is 4.35. The second kappa shape index (κ2) is 7.15. The number of carbonyl (C=O) groups is 2. The Bertz CT molecular complexity index is 933. The van der Waals surface area contributed by atoms with E-state index in [2.05, 4.69) is 10.5 Å². The van der Waals surface area contributed by atoms with Crippen LogP contribution in [0, 0.1) is 0 Å². The molecule has 27 heavy (non-hydrogen) atoms. The molecular formula is C18H21N3O5S. The van der Waals surface area contributed by atoms with Crippen LogP contribution in [0.4, 0.5) is 11.5 Å². The largest absolute Gasteiger partial charge is 0.359 e. The molecule has 0 bridgehead atoms. The second-order valence-electron chi connectivity index (χ2n) is 7.41. The summed E-state index contributed by atoms with van der Waals surface area (Å²) in [5.41, 5.74) is 0.240. The van der Waals surface area contributed by atoms with Crippen LogP contribution in [-0.4, -0.2) is 31.4 Å². The molecule has 0 saturated carbocycles. The van der Waals surface area contributed by atoms with E-state index < -0.39 is 16.7 Å². The minimum absolute atomic E-state index is 0.152. The molecule has 1 fully saturated rings. The van der Waals surface area contributed by atoms with Crippen molar-refractivity contribution in [2.45, 2.75) is 50.0 Å². The molecule has 144 valence electrons. The van der Waals surface area contributed by atoms with E-state index in [-0.39, 0.29) is 28.5 Å². The van der Waals surface area contributed by atoms with Crippen LogP contribution in [0.5, 0.6) is 0 Å². The number of nitrogens with one attached hydrogen (secondary N) is 1. The minimum atomic E-state index is -2.70. The molecule has 8 nitrogen and oxygen atoms in total. The minimum Gasteiger partial charge on any atom is -0.359 e. The van der Waals surface area contributed by atoms with Crippen molar-refractivity contribution >= 4 is 34.0 Å².